The fraction of sp³-hybridized carbons (Fsp3) is 1.00. The minimum atomic E-state index is 0.489. The van der Waals surface area contributed by atoms with Gasteiger partial charge in [0.25, 0.3) is 0 Å². The minimum Gasteiger partial charge on any atom is -0.383 e. The molecule has 0 bridgehead atoms. The highest BCUT2D eigenvalue weighted by Gasteiger charge is 2.17. The van der Waals surface area contributed by atoms with Crippen LogP contribution in [0.5, 0.6) is 0 Å². The molecule has 0 aliphatic rings. The first-order valence-electron chi connectivity index (χ1n) is 6.08. The van der Waals surface area contributed by atoms with E-state index in [-0.39, 0.29) is 0 Å². The molecule has 0 aliphatic carbocycles. The molecule has 0 saturated carbocycles. The lowest BCUT2D eigenvalue weighted by molar-refractivity contribution is 0.0872. The number of likely N-dealkylation sites (N-methyl/N-ethyl adjacent to an activating group) is 1. The smallest absolute Gasteiger partial charge is 0.0615 e. The lowest BCUT2D eigenvalue weighted by Crippen LogP contribution is -2.45. The van der Waals surface area contributed by atoms with Crippen LogP contribution in [0.25, 0.3) is 0 Å². The van der Waals surface area contributed by atoms with Crippen LogP contribution in [0.15, 0.2) is 0 Å². The van der Waals surface area contributed by atoms with Gasteiger partial charge in [-0.1, -0.05) is 13.8 Å². The van der Waals surface area contributed by atoms with E-state index < -0.39 is 0 Å². The molecule has 15 heavy (non-hydrogen) atoms. The van der Waals surface area contributed by atoms with E-state index in [2.05, 4.69) is 38.0 Å². The van der Waals surface area contributed by atoms with Gasteiger partial charge >= 0.3 is 0 Å². The van der Waals surface area contributed by atoms with Crippen molar-refractivity contribution in [2.75, 3.05) is 33.9 Å². The summed E-state index contributed by atoms with van der Waals surface area (Å²) in [5, 5.41) is 3.48. The molecule has 92 valence electrons. The van der Waals surface area contributed by atoms with Gasteiger partial charge in [0.2, 0.25) is 0 Å². The molecule has 3 heteroatoms. The summed E-state index contributed by atoms with van der Waals surface area (Å²) in [5.41, 5.74) is 0. The minimum absolute atomic E-state index is 0.489. The molecule has 0 heterocycles. The molecule has 0 fully saturated rings. The molecule has 0 spiro atoms. The second kappa shape index (κ2) is 9.13. The maximum atomic E-state index is 5.18. The van der Waals surface area contributed by atoms with Gasteiger partial charge in [0, 0.05) is 25.7 Å². The van der Waals surface area contributed by atoms with E-state index in [4.69, 9.17) is 4.74 Å². The van der Waals surface area contributed by atoms with Gasteiger partial charge in [-0.25, -0.2) is 0 Å². The zero-order chi connectivity index (χ0) is 11.7. The fourth-order valence-electron chi connectivity index (χ4n) is 1.74. The molecule has 3 nitrogen and oxygen atoms in total. The van der Waals surface area contributed by atoms with Crippen molar-refractivity contribution in [3.63, 3.8) is 0 Å². The maximum Gasteiger partial charge on any atom is 0.0615 e. The van der Waals surface area contributed by atoms with E-state index in [9.17, 15) is 0 Å². The second-order valence-corrected chi connectivity index (χ2v) is 4.24. The Kier molecular flexibility index (Phi) is 9.06. The summed E-state index contributed by atoms with van der Waals surface area (Å²) in [4.78, 5) is 2.41. The van der Waals surface area contributed by atoms with Crippen molar-refractivity contribution in [2.24, 2.45) is 0 Å². The Bertz CT molecular complexity index is 142. The van der Waals surface area contributed by atoms with Crippen molar-refractivity contribution in [3.8, 4) is 0 Å². The van der Waals surface area contributed by atoms with E-state index in [1.54, 1.807) is 7.11 Å². The predicted octanol–water partition coefficient (Wildman–Crippen LogP) is 1.73. The Hall–Kier alpha value is -0.120. The van der Waals surface area contributed by atoms with Gasteiger partial charge in [-0.15, -0.1) is 0 Å². The van der Waals surface area contributed by atoms with Crippen LogP contribution < -0.4 is 5.32 Å². The molecule has 0 saturated heterocycles. The van der Waals surface area contributed by atoms with E-state index in [0.717, 1.165) is 19.7 Å². The van der Waals surface area contributed by atoms with Crippen molar-refractivity contribution in [1.82, 2.24) is 10.2 Å². The SMILES string of the molecule is CCCNCC(CC)N(C)C(C)COC. The summed E-state index contributed by atoms with van der Waals surface area (Å²) in [5.74, 6) is 0. The van der Waals surface area contributed by atoms with Gasteiger partial charge in [-0.05, 0) is 33.4 Å². The van der Waals surface area contributed by atoms with Crippen molar-refractivity contribution < 1.29 is 4.74 Å². The highest BCUT2D eigenvalue weighted by Crippen LogP contribution is 2.06. The first-order chi connectivity index (χ1) is 7.17. The highest BCUT2D eigenvalue weighted by molar-refractivity contribution is 4.74. The molecule has 0 aromatic rings. The van der Waals surface area contributed by atoms with Crippen LogP contribution in [0, 0.1) is 0 Å². The molecule has 2 atom stereocenters. The average Bonchev–Trinajstić information content (AvgIpc) is 2.24. The first-order valence-corrected chi connectivity index (χ1v) is 6.08. The fourth-order valence-corrected chi connectivity index (χ4v) is 1.74. The normalized spacial score (nSPS) is 15.6. The zero-order valence-electron chi connectivity index (χ0n) is 11.0. The van der Waals surface area contributed by atoms with Crippen LogP contribution in [0.1, 0.15) is 33.6 Å². The van der Waals surface area contributed by atoms with Crippen molar-refractivity contribution >= 4 is 0 Å². The molecule has 2 unspecified atom stereocenters. The van der Waals surface area contributed by atoms with Gasteiger partial charge in [-0.2, -0.15) is 0 Å². The molecule has 1 N–H and O–H groups in total. The predicted molar refractivity (Wildman–Crippen MR) is 66.3 cm³/mol. The van der Waals surface area contributed by atoms with Crippen LogP contribution >= 0.6 is 0 Å². The Morgan fingerprint density at radius 1 is 1.33 bits per heavy atom. The van der Waals surface area contributed by atoms with Crippen LogP contribution in [0.4, 0.5) is 0 Å². The molecule has 0 aromatic carbocycles. The first kappa shape index (κ1) is 14.9. The van der Waals surface area contributed by atoms with Crippen LogP contribution in [0.2, 0.25) is 0 Å². The van der Waals surface area contributed by atoms with E-state index in [1.807, 2.05) is 0 Å². The van der Waals surface area contributed by atoms with Gasteiger partial charge in [0.1, 0.15) is 0 Å². The summed E-state index contributed by atoms with van der Waals surface area (Å²) in [7, 11) is 3.95. The summed E-state index contributed by atoms with van der Waals surface area (Å²) in [6.07, 6.45) is 2.38. The molecule has 0 aromatic heterocycles. The number of hydrogen-bond acceptors (Lipinski definition) is 3. The quantitative estimate of drug-likeness (QED) is 0.594. The molecule has 0 rings (SSSR count). The monoisotopic (exact) mass is 216 g/mol. The van der Waals surface area contributed by atoms with Crippen molar-refractivity contribution in [2.45, 2.75) is 45.7 Å². The van der Waals surface area contributed by atoms with Crippen molar-refractivity contribution in [3.05, 3.63) is 0 Å². The Balaban J connectivity index is 3.91. The van der Waals surface area contributed by atoms with Crippen LogP contribution in [-0.4, -0.2) is 50.8 Å². The van der Waals surface area contributed by atoms with E-state index >= 15 is 0 Å². The molecular weight excluding hydrogens is 188 g/mol. The number of hydrogen-bond donors (Lipinski definition) is 1. The zero-order valence-corrected chi connectivity index (χ0v) is 11.0. The topological polar surface area (TPSA) is 24.5 Å². The van der Waals surface area contributed by atoms with E-state index in [1.165, 1.54) is 12.8 Å². The summed E-state index contributed by atoms with van der Waals surface area (Å²) in [6, 6.07) is 1.10. The lowest BCUT2D eigenvalue weighted by atomic mass is 10.1. The largest absolute Gasteiger partial charge is 0.383 e. The molecular formula is C12H28N2O. The van der Waals surface area contributed by atoms with Crippen molar-refractivity contribution in [1.29, 1.82) is 0 Å². The third kappa shape index (κ3) is 6.13. The number of nitrogens with zero attached hydrogens (tertiary/aromatic N) is 1. The maximum absolute atomic E-state index is 5.18. The molecule has 0 aliphatic heterocycles. The Morgan fingerprint density at radius 3 is 2.47 bits per heavy atom. The summed E-state index contributed by atoms with van der Waals surface area (Å²) < 4.78 is 5.18. The third-order valence-corrected chi connectivity index (χ3v) is 2.96. The molecule has 0 radical (unpaired) electrons. The number of nitrogens with one attached hydrogen (secondary N) is 1. The highest BCUT2D eigenvalue weighted by atomic mass is 16.5. The second-order valence-electron chi connectivity index (χ2n) is 4.24. The Morgan fingerprint density at radius 2 is 2.00 bits per heavy atom. The lowest BCUT2D eigenvalue weighted by Gasteiger charge is -2.32. The van der Waals surface area contributed by atoms with Crippen LogP contribution in [-0.2, 0) is 4.74 Å². The number of ether oxygens (including phenoxy) is 1. The summed E-state index contributed by atoms with van der Waals surface area (Å²) in [6.45, 7) is 9.66. The van der Waals surface area contributed by atoms with Gasteiger partial charge < -0.3 is 10.1 Å². The average molecular weight is 216 g/mol. The van der Waals surface area contributed by atoms with Crippen LogP contribution in [0.3, 0.4) is 0 Å². The third-order valence-electron chi connectivity index (χ3n) is 2.96. The van der Waals surface area contributed by atoms with Gasteiger partial charge in [0.05, 0.1) is 6.61 Å². The Labute approximate surface area is 95.2 Å². The van der Waals surface area contributed by atoms with Gasteiger partial charge in [-0.3, -0.25) is 4.90 Å². The standard InChI is InChI=1S/C12H28N2O/c1-6-8-13-9-12(7-2)14(4)11(3)10-15-5/h11-13H,6-10H2,1-5H3. The summed E-state index contributed by atoms with van der Waals surface area (Å²) >= 11 is 0. The number of rotatable bonds is 9. The van der Waals surface area contributed by atoms with E-state index in [0.29, 0.717) is 12.1 Å². The number of methoxy groups -OCH3 is 1. The van der Waals surface area contributed by atoms with Gasteiger partial charge in [0.15, 0.2) is 0 Å². The molecule has 0 amide bonds.